The van der Waals surface area contributed by atoms with Gasteiger partial charge in [0.1, 0.15) is 11.3 Å². The number of carbonyl (C=O) groups is 1. The average molecular weight is 397 g/mol. The van der Waals surface area contributed by atoms with E-state index in [1.54, 1.807) is 61.5 Å². The van der Waals surface area contributed by atoms with Crippen molar-refractivity contribution in [2.45, 2.75) is 13.1 Å². The first-order chi connectivity index (χ1) is 13.7. The number of rotatable bonds is 2. The number of fused-ring (bicyclic) bond motifs is 3. The predicted molar refractivity (Wildman–Crippen MR) is 104 cm³/mol. The summed E-state index contributed by atoms with van der Waals surface area (Å²) in [4.78, 5) is 25.1. The molecule has 0 radical (unpaired) electrons. The molecule has 4 rings (SSSR count). The van der Waals surface area contributed by atoms with E-state index in [4.69, 9.17) is 0 Å². The van der Waals surface area contributed by atoms with E-state index in [0.717, 1.165) is 15.5 Å². The third kappa shape index (κ3) is 2.95. The van der Waals surface area contributed by atoms with Crippen LogP contribution in [0.5, 0.6) is 5.75 Å². The van der Waals surface area contributed by atoms with E-state index in [0.29, 0.717) is 11.1 Å². The van der Waals surface area contributed by atoms with Crippen molar-refractivity contribution in [2.24, 2.45) is 0 Å². The molecular formula is C22H14F3NO3. The van der Waals surface area contributed by atoms with Crippen molar-refractivity contribution in [1.29, 1.82) is 0 Å². The molecule has 29 heavy (non-hydrogen) atoms. The number of aryl methyl sites for hydroxylation is 1. The molecule has 0 unspecified atom stereocenters. The number of halogens is 3. The van der Waals surface area contributed by atoms with Gasteiger partial charge < -0.3 is 5.11 Å². The molecule has 0 aliphatic carbocycles. The predicted octanol–water partition coefficient (Wildman–Crippen LogP) is 4.90. The van der Waals surface area contributed by atoms with Crippen molar-refractivity contribution in [3.63, 3.8) is 0 Å². The lowest BCUT2D eigenvalue weighted by molar-refractivity contribution is -0.0887. The molecular weight excluding hydrogens is 383 g/mol. The van der Waals surface area contributed by atoms with E-state index in [-0.39, 0.29) is 10.9 Å². The Morgan fingerprint density at radius 2 is 1.69 bits per heavy atom. The lowest BCUT2D eigenvalue weighted by Gasteiger charge is -2.17. The quantitative estimate of drug-likeness (QED) is 0.387. The van der Waals surface area contributed by atoms with Crippen LogP contribution in [0.2, 0.25) is 0 Å². The van der Waals surface area contributed by atoms with Crippen molar-refractivity contribution in [3.05, 3.63) is 82.1 Å². The van der Waals surface area contributed by atoms with Gasteiger partial charge in [-0.05, 0) is 36.1 Å². The summed E-state index contributed by atoms with van der Waals surface area (Å²) >= 11 is 0. The van der Waals surface area contributed by atoms with E-state index < -0.39 is 28.8 Å². The van der Waals surface area contributed by atoms with Gasteiger partial charge in [-0.1, -0.05) is 42.5 Å². The van der Waals surface area contributed by atoms with E-state index in [2.05, 4.69) is 0 Å². The monoisotopic (exact) mass is 397 g/mol. The van der Waals surface area contributed by atoms with Gasteiger partial charge in [0.2, 0.25) is 0 Å². The van der Waals surface area contributed by atoms with Gasteiger partial charge in [0.05, 0.1) is 5.52 Å². The van der Waals surface area contributed by atoms with E-state index in [1.807, 2.05) is 0 Å². The molecule has 1 heterocycles. The van der Waals surface area contributed by atoms with Crippen LogP contribution in [0.25, 0.3) is 27.4 Å². The van der Waals surface area contributed by atoms with Gasteiger partial charge >= 0.3 is 6.18 Å². The number of ketones is 1. The van der Waals surface area contributed by atoms with Crippen molar-refractivity contribution in [2.75, 3.05) is 0 Å². The number of hydrogen-bond donors (Lipinski definition) is 1. The number of alkyl halides is 3. The Morgan fingerprint density at radius 1 is 0.966 bits per heavy atom. The number of aromatic hydroxyl groups is 1. The van der Waals surface area contributed by atoms with E-state index in [9.17, 15) is 27.9 Å². The summed E-state index contributed by atoms with van der Waals surface area (Å²) in [7, 11) is 0. The first-order valence-corrected chi connectivity index (χ1v) is 8.68. The topological polar surface area (TPSA) is 59.3 Å². The van der Waals surface area contributed by atoms with Crippen LogP contribution in [0.3, 0.4) is 0 Å². The van der Waals surface area contributed by atoms with E-state index >= 15 is 0 Å². The molecule has 1 N–H and O–H groups in total. The summed E-state index contributed by atoms with van der Waals surface area (Å²) in [6, 6.07) is 16.6. The molecule has 146 valence electrons. The molecule has 0 fully saturated rings. The summed E-state index contributed by atoms with van der Waals surface area (Å²) in [5.41, 5.74) is -1.21. The number of aromatic nitrogens is 1. The van der Waals surface area contributed by atoms with Crippen LogP contribution in [-0.2, 0) is 0 Å². The zero-order chi connectivity index (χ0) is 20.9. The molecule has 0 spiro atoms. The Hall–Kier alpha value is -3.61. The maximum absolute atomic E-state index is 13.1. The number of hydrogen-bond acceptors (Lipinski definition) is 3. The summed E-state index contributed by atoms with van der Waals surface area (Å²) in [6.07, 6.45) is -5.30. The smallest absolute Gasteiger partial charge is 0.455 e. The van der Waals surface area contributed by atoms with Crippen LogP contribution >= 0.6 is 0 Å². The third-order valence-corrected chi connectivity index (χ3v) is 4.78. The normalized spacial score (nSPS) is 11.9. The summed E-state index contributed by atoms with van der Waals surface area (Å²) < 4.78 is 40.5. The average Bonchev–Trinajstić information content (AvgIpc) is 2.67. The fraction of sp³-hybridized carbons (Fsp3) is 0.0909. The van der Waals surface area contributed by atoms with Crippen molar-refractivity contribution < 1.29 is 23.1 Å². The summed E-state index contributed by atoms with van der Waals surface area (Å²) in [5, 5.41) is 11.8. The molecule has 0 amide bonds. The minimum absolute atomic E-state index is 0.0163. The molecule has 0 aliphatic rings. The first kappa shape index (κ1) is 18.7. The lowest BCUT2D eigenvalue weighted by Crippen LogP contribution is -2.33. The van der Waals surface area contributed by atoms with Crippen molar-refractivity contribution in [3.8, 4) is 11.4 Å². The Bertz CT molecular complexity index is 1350. The molecule has 0 bridgehead atoms. The highest BCUT2D eigenvalue weighted by molar-refractivity contribution is 6.12. The highest BCUT2D eigenvalue weighted by Crippen LogP contribution is 2.35. The molecule has 1 aromatic heterocycles. The van der Waals surface area contributed by atoms with Gasteiger partial charge in [-0.2, -0.15) is 13.2 Å². The second kappa shape index (κ2) is 6.48. The summed E-state index contributed by atoms with van der Waals surface area (Å²) in [5.74, 6) is -3.35. The van der Waals surface area contributed by atoms with Crippen molar-refractivity contribution >= 4 is 27.5 Å². The second-order valence-electron chi connectivity index (χ2n) is 6.71. The molecule has 0 saturated carbocycles. The zero-order valence-electron chi connectivity index (χ0n) is 15.1. The zero-order valence-corrected chi connectivity index (χ0v) is 15.1. The van der Waals surface area contributed by atoms with Crippen molar-refractivity contribution in [1.82, 2.24) is 4.57 Å². The second-order valence-corrected chi connectivity index (χ2v) is 6.71. The minimum atomic E-state index is -5.30. The van der Waals surface area contributed by atoms with Gasteiger partial charge in [-0.25, -0.2) is 0 Å². The van der Waals surface area contributed by atoms with Gasteiger partial charge in [-0.3, -0.25) is 14.2 Å². The van der Waals surface area contributed by atoms with Gasteiger partial charge in [-0.15, -0.1) is 0 Å². The summed E-state index contributed by atoms with van der Waals surface area (Å²) in [6.45, 7) is 1.77. The minimum Gasteiger partial charge on any atom is -0.506 e. The Kier molecular flexibility index (Phi) is 4.19. The molecule has 4 aromatic rings. The fourth-order valence-electron chi connectivity index (χ4n) is 3.50. The van der Waals surface area contributed by atoms with Crippen LogP contribution in [0, 0.1) is 6.92 Å². The standard InChI is InChI=1S/C22H14F3NO3/c1-12-5-4-7-14(11-12)26-18-15-8-3-2-6-13(15)9-10-16(18)19(27)17(21(26)29)20(28)22(23,24)25/h2-11,27H,1H3. The largest absolute Gasteiger partial charge is 0.506 e. The molecule has 0 atom stereocenters. The highest BCUT2D eigenvalue weighted by Gasteiger charge is 2.43. The first-order valence-electron chi connectivity index (χ1n) is 8.68. The van der Waals surface area contributed by atoms with Gasteiger partial charge in [0.15, 0.2) is 0 Å². The Morgan fingerprint density at radius 3 is 2.38 bits per heavy atom. The van der Waals surface area contributed by atoms with Crippen LogP contribution in [0.4, 0.5) is 13.2 Å². The highest BCUT2D eigenvalue weighted by atomic mass is 19.4. The van der Waals surface area contributed by atoms with Gasteiger partial charge in [0, 0.05) is 16.5 Å². The third-order valence-electron chi connectivity index (χ3n) is 4.78. The number of nitrogens with zero attached hydrogens (tertiary/aromatic N) is 1. The Labute approximate surface area is 162 Å². The molecule has 0 aliphatic heterocycles. The number of carbonyl (C=O) groups excluding carboxylic acids is 1. The number of pyridine rings is 1. The fourth-order valence-corrected chi connectivity index (χ4v) is 3.50. The molecule has 0 saturated heterocycles. The SMILES string of the molecule is Cc1cccc(-n2c(=O)c(C(=O)C(F)(F)F)c(O)c3ccc4ccccc4c32)c1. The number of benzene rings is 3. The maximum Gasteiger partial charge on any atom is 0.455 e. The van der Waals surface area contributed by atoms with Crippen LogP contribution in [0.1, 0.15) is 15.9 Å². The molecule has 7 heteroatoms. The van der Waals surface area contributed by atoms with Gasteiger partial charge in [0.25, 0.3) is 11.3 Å². The van der Waals surface area contributed by atoms with Crippen LogP contribution in [-0.4, -0.2) is 21.6 Å². The van der Waals surface area contributed by atoms with E-state index in [1.165, 1.54) is 6.07 Å². The molecule has 4 nitrogen and oxygen atoms in total. The lowest BCUT2D eigenvalue weighted by atomic mass is 10.0. The van der Waals surface area contributed by atoms with Crippen LogP contribution in [0.15, 0.2) is 65.5 Å². The maximum atomic E-state index is 13.1. The Balaban J connectivity index is 2.27. The van der Waals surface area contributed by atoms with Crippen LogP contribution < -0.4 is 5.56 Å². The molecule has 3 aromatic carbocycles. The number of Topliss-reactive ketones (excluding diaryl/α,β-unsaturated/α-hetero) is 1.